The van der Waals surface area contributed by atoms with Gasteiger partial charge in [0.25, 0.3) is 0 Å². The largest absolute Gasteiger partial charge is 0.377 e. The molecule has 1 N–H and O–H groups in total. The van der Waals surface area contributed by atoms with Crippen LogP contribution in [0.5, 0.6) is 0 Å². The van der Waals surface area contributed by atoms with E-state index in [2.05, 4.69) is 120 Å². The lowest BCUT2D eigenvalue weighted by atomic mass is 9.95. The topological polar surface area (TPSA) is 12.0 Å². The molecule has 1 nitrogen and oxygen atoms in total. The summed E-state index contributed by atoms with van der Waals surface area (Å²) in [4.78, 5) is 0. The molecular weight excluding hydrogens is 357 g/mol. The van der Waals surface area contributed by atoms with Crippen LogP contribution in [0, 0.1) is 26.2 Å². The van der Waals surface area contributed by atoms with Crippen molar-refractivity contribution in [3.8, 4) is 0 Å². The number of nitrogens with one attached hydrogen (secondary N) is 1. The van der Waals surface area contributed by atoms with Gasteiger partial charge in [0.2, 0.25) is 0 Å². The fourth-order valence-electron chi connectivity index (χ4n) is 3.84. The van der Waals surface area contributed by atoms with Crippen LogP contribution in [0.4, 0.5) is 5.69 Å². The van der Waals surface area contributed by atoms with Crippen molar-refractivity contribution in [3.05, 3.63) is 89.5 Å². The molecule has 1 atom stereocenters. The van der Waals surface area contributed by atoms with Crippen LogP contribution in [-0.4, -0.2) is 5.78 Å². The maximum atomic E-state index is 4.01. The monoisotopic (exact) mass is 389 g/mol. The molecule has 0 fully saturated rings. The number of rotatable bonds is 5. The van der Waals surface area contributed by atoms with Crippen molar-refractivity contribution < 1.29 is 0 Å². The molecular formula is C26H32NP. The zero-order chi connectivity index (χ0) is 20.3. The highest BCUT2D eigenvalue weighted by atomic mass is 31.1. The molecule has 0 spiro atoms. The van der Waals surface area contributed by atoms with Crippen molar-refractivity contribution in [3.63, 3.8) is 0 Å². The van der Waals surface area contributed by atoms with Crippen molar-refractivity contribution >= 4 is 24.2 Å². The lowest BCUT2D eigenvalue weighted by Gasteiger charge is -2.40. The molecule has 0 saturated carbocycles. The van der Waals surface area contributed by atoms with Crippen LogP contribution in [0.1, 0.15) is 37.5 Å². The van der Waals surface area contributed by atoms with E-state index in [4.69, 9.17) is 0 Å². The maximum absolute atomic E-state index is 4.01. The molecule has 2 heteroatoms. The van der Waals surface area contributed by atoms with Crippen LogP contribution in [0.3, 0.4) is 0 Å². The fraction of sp³-hybridized carbons (Fsp3) is 0.308. The normalized spacial score (nSPS) is 12.8. The van der Waals surface area contributed by atoms with Crippen molar-refractivity contribution in [2.45, 2.75) is 47.3 Å². The first-order chi connectivity index (χ1) is 13.3. The summed E-state index contributed by atoms with van der Waals surface area (Å²) < 4.78 is 0. The second kappa shape index (κ2) is 8.50. The van der Waals surface area contributed by atoms with Crippen LogP contribution in [0.25, 0.3) is 0 Å². The highest BCUT2D eigenvalue weighted by molar-refractivity contribution is 7.73. The molecule has 1 unspecified atom stereocenters. The molecule has 0 heterocycles. The number of aryl methyl sites for hydroxylation is 3. The standard InChI is InChI=1S/C26H32NP/c1-19-17-20(2)24(21(3)18-19)27-25(26(4,5)6)28(22-13-9-7-10-14-22)23-15-11-8-12-16-23/h7-18,25,27H,1-6H3. The molecule has 0 amide bonds. The van der Waals surface area contributed by atoms with Gasteiger partial charge in [0.15, 0.2) is 0 Å². The molecule has 0 aliphatic rings. The van der Waals surface area contributed by atoms with Gasteiger partial charge in [0, 0.05) is 5.69 Å². The predicted octanol–water partition coefficient (Wildman–Crippen LogP) is 6.53. The first-order valence-electron chi connectivity index (χ1n) is 10.0. The van der Waals surface area contributed by atoms with Crippen LogP contribution in [0.15, 0.2) is 72.8 Å². The van der Waals surface area contributed by atoms with Gasteiger partial charge in [-0.15, -0.1) is 0 Å². The van der Waals surface area contributed by atoms with Gasteiger partial charge in [-0.05, 0) is 55.8 Å². The van der Waals surface area contributed by atoms with Crippen LogP contribution in [-0.2, 0) is 0 Å². The summed E-state index contributed by atoms with van der Waals surface area (Å²) in [5.74, 6) is 0.312. The highest BCUT2D eigenvalue weighted by Crippen LogP contribution is 2.48. The number of hydrogen-bond acceptors (Lipinski definition) is 1. The summed E-state index contributed by atoms with van der Waals surface area (Å²) in [6, 6.07) is 26.6. The van der Waals surface area contributed by atoms with Gasteiger partial charge in [-0.25, -0.2) is 0 Å². The Morgan fingerprint density at radius 3 is 1.54 bits per heavy atom. The zero-order valence-corrected chi connectivity index (χ0v) is 18.8. The molecule has 0 aliphatic heterocycles. The Labute approximate surface area is 172 Å². The smallest absolute Gasteiger partial charge is 0.0590 e. The summed E-state index contributed by atoms with van der Waals surface area (Å²) in [7, 11) is -0.570. The molecule has 3 rings (SSSR count). The van der Waals surface area contributed by atoms with E-state index >= 15 is 0 Å². The molecule has 28 heavy (non-hydrogen) atoms. The van der Waals surface area contributed by atoms with E-state index in [1.807, 2.05) is 0 Å². The van der Waals surface area contributed by atoms with Gasteiger partial charge < -0.3 is 5.32 Å². The highest BCUT2D eigenvalue weighted by Gasteiger charge is 2.34. The molecule has 0 aromatic heterocycles. The van der Waals surface area contributed by atoms with Gasteiger partial charge in [-0.2, -0.15) is 0 Å². The number of anilines is 1. The number of benzene rings is 3. The summed E-state index contributed by atoms with van der Waals surface area (Å²) in [6.45, 7) is 13.7. The third kappa shape index (κ3) is 4.65. The summed E-state index contributed by atoms with van der Waals surface area (Å²) in [5, 5.41) is 6.84. The molecule has 0 bridgehead atoms. The third-order valence-corrected chi connectivity index (χ3v) is 8.23. The second-order valence-electron chi connectivity index (χ2n) is 8.73. The van der Waals surface area contributed by atoms with Crippen LogP contribution < -0.4 is 15.9 Å². The van der Waals surface area contributed by atoms with Gasteiger partial charge >= 0.3 is 0 Å². The number of hydrogen-bond donors (Lipinski definition) is 1. The third-order valence-electron chi connectivity index (χ3n) is 5.11. The van der Waals surface area contributed by atoms with Crippen molar-refractivity contribution in [2.75, 3.05) is 5.32 Å². The molecule has 0 radical (unpaired) electrons. The molecule has 146 valence electrons. The summed E-state index contributed by atoms with van der Waals surface area (Å²) in [6.07, 6.45) is 0. The van der Waals surface area contributed by atoms with E-state index in [9.17, 15) is 0 Å². The molecule has 3 aromatic rings. The lowest BCUT2D eigenvalue weighted by Crippen LogP contribution is -2.38. The second-order valence-corrected chi connectivity index (χ2v) is 11.0. The summed E-state index contributed by atoms with van der Waals surface area (Å²) >= 11 is 0. The van der Waals surface area contributed by atoms with E-state index < -0.39 is 7.92 Å². The average molecular weight is 390 g/mol. The van der Waals surface area contributed by atoms with Gasteiger partial charge in [-0.3, -0.25) is 0 Å². The van der Waals surface area contributed by atoms with Crippen LogP contribution >= 0.6 is 7.92 Å². The Balaban J connectivity index is 2.13. The minimum Gasteiger partial charge on any atom is -0.377 e. The summed E-state index contributed by atoms with van der Waals surface area (Å²) in [5.41, 5.74) is 5.35. The van der Waals surface area contributed by atoms with Crippen molar-refractivity contribution in [2.24, 2.45) is 5.41 Å². The first-order valence-corrected chi connectivity index (χ1v) is 11.4. The van der Waals surface area contributed by atoms with Gasteiger partial charge in [0.1, 0.15) is 0 Å². The fourth-order valence-corrected chi connectivity index (χ4v) is 6.75. The molecule has 0 saturated heterocycles. The Kier molecular flexibility index (Phi) is 6.26. The minimum absolute atomic E-state index is 0.0984. The molecule has 0 aliphatic carbocycles. The van der Waals surface area contributed by atoms with Gasteiger partial charge in [0.05, 0.1) is 5.78 Å². The minimum atomic E-state index is -0.570. The maximum Gasteiger partial charge on any atom is 0.0590 e. The average Bonchev–Trinajstić information content (AvgIpc) is 2.64. The van der Waals surface area contributed by atoms with E-state index in [0.717, 1.165) is 0 Å². The Bertz CT molecular complexity index is 848. The Hall–Kier alpha value is -2.11. The lowest BCUT2D eigenvalue weighted by molar-refractivity contribution is 0.414. The Morgan fingerprint density at radius 2 is 1.14 bits per heavy atom. The zero-order valence-electron chi connectivity index (χ0n) is 18.0. The van der Waals surface area contributed by atoms with Gasteiger partial charge in [-0.1, -0.05) is 99.1 Å². The van der Waals surface area contributed by atoms with E-state index in [1.165, 1.54) is 33.0 Å². The molecule has 3 aromatic carbocycles. The predicted molar refractivity (Wildman–Crippen MR) is 127 cm³/mol. The quantitative estimate of drug-likeness (QED) is 0.489. The van der Waals surface area contributed by atoms with E-state index in [-0.39, 0.29) is 5.41 Å². The van der Waals surface area contributed by atoms with Crippen LogP contribution in [0.2, 0.25) is 0 Å². The first kappa shape index (κ1) is 20.6. The Morgan fingerprint density at radius 1 is 0.714 bits per heavy atom. The van der Waals surface area contributed by atoms with E-state index in [1.54, 1.807) is 0 Å². The van der Waals surface area contributed by atoms with Crippen molar-refractivity contribution in [1.29, 1.82) is 0 Å². The van der Waals surface area contributed by atoms with E-state index in [0.29, 0.717) is 5.78 Å². The van der Waals surface area contributed by atoms with Crippen molar-refractivity contribution in [1.82, 2.24) is 0 Å². The SMILES string of the molecule is Cc1cc(C)c(NC(P(c2ccccc2)c2ccccc2)C(C)(C)C)c(C)c1.